The highest BCUT2D eigenvalue weighted by Crippen LogP contribution is 2.13. The summed E-state index contributed by atoms with van der Waals surface area (Å²) >= 11 is 0. The zero-order valence-corrected chi connectivity index (χ0v) is 18.1. The van der Waals surface area contributed by atoms with Crippen LogP contribution in [0.1, 0.15) is 26.3 Å². The van der Waals surface area contributed by atoms with Crippen LogP contribution < -0.4 is 26.6 Å². The van der Waals surface area contributed by atoms with E-state index in [2.05, 4.69) is 20.9 Å². The topological polar surface area (TPSA) is 159 Å². The van der Waals surface area contributed by atoms with Gasteiger partial charge in [0, 0.05) is 23.4 Å². The molecular formula is C22H21N5O5S. The average Bonchev–Trinajstić information content (AvgIpc) is 2.82. The summed E-state index contributed by atoms with van der Waals surface area (Å²) in [5.41, 5.74) is 11.0. The van der Waals surface area contributed by atoms with E-state index in [1.165, 1.54) is 48.5 Å². The number of primary amides is 1. The van der Waals surface area contributed by atoms with Crippen molar-refractivity contribution in [3.05, 3.63) is 95.6 Å². The Morgan fingerprint density at radius 3 is 2.03 bits per heavy atom. The highest BCUT2D eigenvalue weighted by Gasteiger charge is 2.17. The molecule has 0 radical (unpaired) electrons. The molecule has 4 amide bonds. The minimum atomic E-state index is -3.86. The van der Waals surface area contributed by atoms with Crippen LogP contribution in [0.25, 0.3) is 0 Å². The number of nitrogens with one attached hydrogen (secondary N) is 4. The predicted molar refractivity (Wildman–Crippen MR) is 121 cm³/mol. The molecular weight excluding hydrogens is 446 g/mol. The maximum atomic E-state index is 12.6. The molecule has 0 unspecified atom stereocenters. The Bertz CT molecular complexity index is 1260. The number of hydrogen-bond acceptors (Lipinski definition) is 5. The van der Waals surface area contributed by atoms with Gasteiger partial charge in [-0.2, -0.15) is 0 Å². The number of carbonyl (C=O) groups is 3. The van der Waals surface area contributed by atoms with Gasteiger partial charge in [0.25, 0.3) is 11.8 Å². The molecule has 0 heterocycles. The highest BCUT2D eigenvalue weighted by molar-refractivity contribution is 7.89. The first kappa shape index (κ1) is 23.4. The third-order valence-electron chi connectivity index (χ3n) is 4.42. The van der Waals surface area contributed by atoms with E-state index in [9.17, 15) is 22.8 Å². The normalized spacial score (nSPS) is 10.8. The Balaban J connectivity index is 1.60. The predicted octanol–water partition coefficient (Wildman–Crippen LogP) is 1.73. The molecule has 0 aromatic heterocycles. The molecule has 0 fully saturated rings. The molecule has 10 nitrogen and oxygen atoms in total. The van der Waals surface area contributed by atoms with Crippen LogP contribution in [0.4, 0.5) is 10.5 Å². The van der Waals surface area contributed by atoms with Gasteiger partial charge in [-0.15, -0.1) is 0 Å². The van der Waals surface area contributed by atoms with Crippen molar-refractivity contribution in [2.45, 2.75) is 11.4 Å². The van der Waals surface area contributed by atoms with E-state index in [-0.39, 0.29) is 22.6 Å². The standard InChI is InChI=1S/C22H21N5O5S/c23-22(30)25-18-11-9-16(10-12-18)20(28)26-27-21(29)17-7-4-8-19(13-17)33(31,32)24-14-15-5-2-1-3-6-15/h1-13,24H,14H2,(H,26,28)(H,27,29)(H3,23,25,30). The third-order valence-corrected chi connectivity index (χ3v) is 5.82. The van der Waals surface area contributed by atoms with Gasteiger partial charge < -0.3 is 11.1 Å². The Morgan fingerprint density at radius 1 is 0.758 bits per heavy atom. The van der Waals surface area contributed by atoms with Crippen molar-refractivity contribution in [3.8, 4) is 0 Å². The fourth-order valence-corrected chi connectivity index (χ4v) is 3.83. The van der Waals surface area contributed by atoms with Crippen LogP contribution >= 0.6 is 0 Å². The van der Waals surface area contributed by atoms with E-state index >= 15 is 0 Å². The number of amides is 4. The number of urea groups is 1. The summed E-state index contributed by atoms with van der Waals surface area (Å²) in [6.45, 7) is 0.101. The fraction of sp³-hybridized carbons (Fsp3) is 0.0455. The Morgan fingerprint density at radius 2 is 1.39 bits per heavy atom. The summed E-state index contributed by atoms with van der Waals surface area (Å²) in [5, 5.41) is 2.36. The monoisotopic (exact) mass is 467 g/mol. The summed E-state index contributed by atoms with van der Waals surface area (Å²) in [5.74, 6) is -1.31. The first-order valence-electron chi connectivity index (χ1n) is 9.65. The highest BCUT2D eigenvalue weighted by atomic mass is 32.2. The Hall–Kier alpha value is -4.22. The molecule has 0 saturated heterocycles. The molecule has 0 saturated carbocycles. The molecule has 170 valence electrons. The van der Waals surface area contributed by atoms with Gasteiger partial charge >= 0.3 is 6.03 Å². The molecule has 0 aliphatic heterocycles. The number of carbonyl (C=O) groups excluding carboxylic acids is 3. The molecule has 0 bridgehead atoms. The van der Waals surface area contributed by atoms with Crippen molar-refractivity contribution in [2.24, 2.45) is 5.73 Å². The number of anilines is 1. The lowest BCUT2D eigenvalue weighted by Crippen LogP contribution is -2.41. The number of hydrazine groups is 1. The lowest BCUT2D eigenvalue weighted by molar-refractivity contribution is 0.0846. The van der Waals surface area contributed by atoms with Crippen LogP contribution in [0.5, 0.6) is 0 Å². The molecule has 11 heteroatoms. The van der Waals surface area contributed by atoms with Crippen molar-refractivity contribution in [1.29, 1.82) is 0 Å². The quantitative estimate of drug-likeness (QED) is 0.334. The smallest absolute Gasteiger partial charge is 0.316 e. The van der Waals surface area contributed by atoms with Crippen LogP contribution in [0, 0.1) is 0 Å². The van der Waals surface area contributed by atoms with Gasteiger partial charge in [-0.25, -0.2) is 17.9 Å². The van der Waals surface area contributed by atoms with Gasteiger partial charge in [0.1, 0.15) is 0 Å². The van der Waals surface area contributed by atoms with E-state index in [1.807, 2.05) is 6.07 Å². The van der Waals surface area contributed by atoms with Gasteiger partial charge in [-0.3, -0.25) is 20.4 Å². The van der Waals surface area contributed by atoms with Crippen LogP contribution in [0.2, 0.25) is 0 Å². The number of sulfonamides is 1. The van der Waals surface area contributed by atoms with E-state index in [1.54, 1.807) is 24.3 Å². The van der Waals surface area contributed by atoms with Crippen molar-refractivity contribution in [3.63, 3.8) is 0 Å². The van der Waals surface area contributed by atoms with E-state index in [0.29, 0.717) is 5.69 Å². The summed E-state index contributed by atoms with van der Waals surface area (Å²) in [4.78, 5) is 35.4. The lowest BCUT2D eigenvalue weighted by atomic mass is 10.2. The molecule has 0 aliphatic carbocycles. The van der Waals surface area contributed by atoms with Crippen LogP contribution in [0.3, 0.4) is 0 Å². The van der Waals surface area contributed by atoms with Crippen molar-refractivity contribution >= 4 is 33.6 Å². The van der Waals surface area contributed by atoms with E-state index in [4.69, 9.17) is 5.73 Å². The average molecular weight is 468 g/mol. The molecule has 0 atom stereocenters. The first-order valence-corrected chi connectivity index (χ1v) is 11.1. The Labute approximate surface area is 190 Å². The molecule has 6 N–H and O–H groups in total. The van der Waals surface area contributed by atoms with Crippen LogP contribution in [-0.4, -0.2) is 26.3 Å². The number of nitrogens with two attached hydrogens (primary N) is 1. The molecule has 3 aromatic rings. The Kier molecular flexibility index (Phi) is 7.38. The van der Waals surface area contributed by atoms with Crippen molar-refractivity contribution < 1.29 is 22.8 Å². The van der Waals surface area contributed by atoms with Gasteiger partial charge in [0.15, 0.2) is 0 Å². The summed E-state index contributed by atoms with van der Waals surface area (Å²) in [7, 11) is -3.86. The second-order valence-corrected chi connectivity index (χ2v) is 8.58. The largest absolute Gasteiger partial charge is 0.351 e. The van der Waals surface area contributed by atoms with E-state index < -0.39 is 27.9 Å². The van der Waals surface area contributed by atoms with Gasteiger partial charge in [-0.05, 0) is 48.0 Å². The maximum Gasteiger partial charge on any atom is 0.316 e. The molecule has 3 rings (SSSR count). The van der Waals surface area contributed by atoms with E-state index in [0.717, 1.165) is 5.56 Å². The zero-order chi connectivity index (χ0) is 23.8. The zero-order valence-electron chi connectivity index (χ0n) is 17.2. The van der Waals surface area contributed by atoms with Crippen molar-refractivity contribution in [2.75, 3.05) is 5.32 Å². The van der Waals surface area contributed by atoms with Crippen LogP contribution in [0.15, 0.2) is 83.8 Å². The fourth-order valence-electron chi connectivity index (χ4n) is 2.77. The summed E-state index contributed by atoms with van der Waals surface area (Å²) < 4.78 is 27.6. The molecule has 0 spiro atoms. The SMILES string of the molecule is NC(=O)Nc1ccc(C(=O)NNC(=O)c2cccc(S(=O)(=O)NCc3ccccc3)c2)cc1. The second-order valence-electron chi connectivity index (χ2n) is 6.81. The van der Waals surface area contributed by atoms with Crippen LogP contribution in [-0.2, 0) is 16.6 Å². The second kappa shape index (κ2) is 10.4. The lowest BCUT2D eigenvalue weighted by Gasteiger charge is -2.10. The van der Waals surface area contributed by atoms with Crippen molar-refractivity contribution in [1.82, 2.24) is 15.6 Å². The first-order chi connectivity index (χ1) is 15.7. The minimum Gasteiger partial charge on any atom is -0.351 e. The van der Waals surface area contributed by atoms with Gasteiger partial charge in [-0.1, -0.05) is 36.4 Å². The summed E-state index contributed by atoms with van der Waals surface area (Å²) in [6, 6.07) is 19.5. The number of hydrogen-bond donors (Lipinski definition) is 5. The maximum absolute atomic E-state index is 12.6. The molecule has 0 aliphatic rings. The molecule has 33 heavy (non-hydrogen) atoms. The third kappa shape index (κ3) is 6.63. The number of benzene rings is 3. The summed E-state index contributed by atoms with van der Waals surface area (Å²) in [6.07, 6.45) is 0. The molecule has 3 aromatic carbocycles. The minimum absolute atomic E-state index is 0.0406. The number of rotatable bonds is 7. The van der Waals surface area contributed by atoms with Gasteiger partial charge in [0.2, 0.25) is 10.0 Å². The van der Waals surface area contributed by atoms with Gasteiger partial charge in [0.05, 0.1) is 4.90 Å².